The summed E-state index contributed by atoms with van der Waals surface area (Å²) < 4.78 is 21.9. The van der Waals surface area contributed by atoms with Gasteiger partial charge in [0, 0.05) is 36.6 Å². The van der Waals surface area contributed by atoms with E-state index in [-0.39, 0.29) is 12.7 Å². The van der Waals surface area contributed by atoms with E-state index in [2.05, 4.69) is 15.2 Å². The summed E-state index contributed by atoms with van der Waals surface area (Å²) in [6, 6.07) is 11.8. The van der Waals surface area contributed by atoms with Crippen molar-refractivity contribution in [1.29, 1.82) is 0 Å². The molecule has 0 radical (unpaired) electrons. The highest BCUT2D eigenvalue weighted by Crippen LogP contribution is 2.33. The third-order valence-electron chi connectivity index (χ3n) is 5.41. The van der Waals surface area contributed by atoms with E-state index in [1.807, 2.05) is 48.7 Å². The molecule has 1 N–H and O–H groups in total. The number of carbonyl (C=O) groups excluding carboxylic acids is 1. The van der Waals surface area contributed by atoms with Crippen LogP contribution in [-0.2, 0) is 19.6 Å². The molecule has 180 valence electrons. The van der Waals surface area contributed by atoms with Gasteiger partial charge in [-0.3, -0.25) is 9.69 Å². The summed E-state index contributed by atoms with van der Waals surface area (Å²) >= 11 is 1.49. The predicted octanol–water partition coefficient (Wildman–Crippen LogP) is 4.23. The molecule has 0 spiro atoms. The van der Waals surface area contributed by atoms with Gasteiger partial charge in [0.2, 0.25) is 6.79 Å². The van der Waals surface area contributed by atoms with Gasteiger partial charge in [-0.25, -0.2) is 4.98 Å². The third kappa shape index (κ3) is 5.78. The summed E-state index contributed by atoms with van der Waals surface area (Å²) in [5, 5.41) is 5.56. The quantitative estimate of drug-likeness (QED) is 0.437. The summed E-state index contributed by atoms with van der Waals surface area (Å²) in [6.07, 6.45) is 0.885. The van der Waals surface area contributed by atoms with Crippen molar-refractivity contribution < 1.29 is 23.7 Å². The third-order valence-corrected chi connectivity index (χ3v) is 6.24. The molecule has 0 fully saturated rings. The van der Waals surface area contributed by atoms with Crippen molar-refractivity contribution >= 4 is 17.2 Å². The van der Waals surface area contributed by atoms with E-state index in [0.29, 0.717) is 31.9 Å². The molecular weight excluding hydrogens is 454 g/mol. The first kappa shape index (κ1) is 23.8. The van der Waals surface area contributed by atoms with Crippen LogP contribution in [0.4, 0.5) is 0 Å². The van der Waals surface area contributed by atoms with Gasteiger partial charge in [0.15, 0.2) is 11.5 Å². The molecule has 1 amide bonds. The monoisotopic (exact) mass is 483 g/mol. The van der Waals surface area contributed by atoms with Gasteiger partial charge in [-0.2, -0.15) is 0 Å². The number of benzene rings is 2. The van der Waals surface area contributed by atoms with Crippen molar-refractivity contribution in [3.8, 4) is 23.0 Å². The van der Waals surface area contributed by atoms with E-state index in [1.54, 1.807) is 14.2 Å². The molecular formula is C25H29N3O5S. The van der Waals surface area contributed by atoms with Crippen molar-refractivity contribution in [3.05, 3.63) is 63.6 Å². The number of rotatable bonds is 11. The van der Waals surface area contributed by atoms with E-state index in [9.17, 15) is 4.79 Å². The summed E-state index contributed by atoms with van der Waals surface area (Å²) in [6.45, 7) is 4.76. The second kappa shape index (κ2) is 11.2. The number of nitrogens with one attached hydrogen (secondary N) is 1. The molecule has 4 rings (SSSR count). The summed E-state index contributed by atoms with van der Waals surface area (Å²) in [5.74, 6) is 2.88. The molecule has 1 aromatic heterocycles. The molecule has 0 saturated carbocycles. The predicted molar refractivity (Wildman–Crippen MR) is 130 cm³/mol. The molecule has 0 bridgehead atoms. The van der Waals surface area contributed by atoms with Crippen LogP contribution in [0, 0.1) is 0 Å². The maximum atomic E-state index is 12.3. The number of nitrogens with zero attached hydrogens (tertiary/aromatic N) is 2. The Hall–Kier alpha value is -3.30. The van der Waals surface area contributed by atoms with Gasteiger partial charge in [0.25, 0.3) is 5.91 Å². The fraction of sp³-hybridized carbons (Fsp3) is 0.360. The highest BCUT2D eigenvalue weighted by molar-refractivity contribution is 7.09. The molecule has 2 aromatic carbocycles. The number of methoxy groups -OCH3 is 2. The number of carbonyl (C=O) groups is 1. The normalized spacial score (nSPS) is 12.1. The van der Waals surface area contributed by atoms with E-state index in [0.717, 1.165) is 45.6 Å². The highest BCUT2D eigenvalue weighted by Gasteiger charge is 2.18. The van der Waals surface area contributed by atoms with Crippen LogP contribution in [0.5, 0.6) is 23.0 Å². The molecule has 1 aliphatic heterocycles. The summed E-state index contributed by atoms with van der Waals surface area (Å²) in [4.78, 5) is 19.1. The lowest BCUT2D eigenvalue weighted by Crippen LogP contribution is -2.25. The van der Waals surface area contributed by atoms with Crippen LogP contribution in [0.25, 0.3) is 0 Å². The minimum Gasteiger partial charge on any atom is -0.497 e. The molecule has 8 nitrogen and oxygen atoms in total. The first-order chi connectivity index (χ1) is 16.6. The molecule has 1 aliphatic rings. The van der Waals surface area contributed by atoms with Crippen LogP contribution in [0.3, 0.4) is 0 Å². The lowest BCUT2D eigenvalue weighted by molar-refractivity contribution is 0.0949. The number of aromatic nitrogens is 1. The summed E-state index contributed by atoms with van der Waals surface area (Å²) in [7, 11) is 3.29. The van der Waals surface area contributed by atoms with Crippen LogP contribution < -0.4 is 24.3 Å². The minimum absolute atomic E-state index is 0.136. The molecule has 0 saturated heterocycles. The zero-order valence-corrected chi connectivity index (χ0v) is 20.4. The Bertz CT molecular complexity index is 1130. The SMILES string of the molecule is CCCNC(=O)c1csc(CN(Cc2ccc3c(c2)OCO3)Cc2ccc(OC)cc2OC)n1. The van der Waals surface area contributed by atoms with Crippen LogP contribution >= 0.6 is 11.3 Å². The Morgan fingerprint density at radius 2 is 1.94 bits per heavy atom. The van der Waals surface area contributed by atoms with E-state index in [4.69, 9.17) is 18.9 Å². The first-order valence-electron chi connectivity index (χ1n) is 11.1. The molecule has 2 heterocycles. The van der Waals surface area contributed by atoms with Crippen LogP contribution in [-0.4, -0.2) is 43.3 Å². The Balaban J connectivity index is 1.55. The van der Waals surface area contributed by atoms with Crippen molar-refractivity contribution in [2.24, 2.45) is 0 Å². The second-order valence-corrected chi connectivity index (χ2v) is 8.84. The Labute approximate surface area is 203 Å². The minimum atomic E-state index is -0.136. The van der Waals surface area contributed by atoms with Crippen molar-refractivity contribution in [2.75, 3.05) is 27.6 Å². The lowest BCUT2D eigenvalue weighted by Gasteiger charge is -2.23. The smallest absolute Gasteiger partial charge is 0.270 e. The average molecular weight is 484 g/mol. The number of thiazole rings is 1. The van der Waals surface area contributed by atoms with Crippen LogP contribution in [0.2, 0.25) is 0 Å². The maximum absolute atomic E-state index is 12.3. The maximum Gasteiger partial charge on any atom is 0.270 e. The number of hydrogen-bond donors (Lipinski definition) is 1. The van der Waals surface area contributed by atoms with Crippen LogP contribution in [0.1, 0.15) is 40.0 Å². The molecule has 9 heteroatoms. The van der Waals surface area contributed by atoms with Crippen molar-refractivity contribution in [2.45, 2.75) is 33.0 Å². The molecule has 0 unspecified atom stereocenters. The molecule has 0 aliphatic carbocycles. The number of fused-ring (bicyclic) bond motifs is 1. The number of ether oxygens (including phenoxy) is 4. The Morgan fingerprint density at radius 1 is 1.09 bits per heavy atom. The van der Waals surface area contributed by atoms with Gasteiger partial charge in [-0.05, 0) is 30.2 Å². The van der Waals surface area contributed by atoms with E-state index in [1.165, 1.54) is 11.3 Å². The molecule has 3 aromatic rings. The standard InChI is InChI=1S/C25H29N3O5S/c1-4-9-26-25(29)20-15-34-24(27-20)14-28(12-17-5-8-21-23(10-17)33-16-32-21)13-18-6-7-19(30-2)11-22(18)31-3/h5-8,10-11,15H,4,9,12-14,16H2,1-3H3,(H,26,29). The van der Waals surface area contributed by atoms with Crippen LogP contribution in [0.15, 0.2) is 41.8 Å². The zero-order valence-electron chi connectivity index (χ0n) is 19.6. The fourth-order valence-corrected chi connectivity index (χ4v) is 4.51. The van der Waals surface area contributed by atoms with Gasteiger partial charge in [0.1, 0.15) is 22.2 Å². The topological polar surface area (TPSA) is 82.2 Å². The van der Waals surface area contributed by atoms with Gasteiger partial charge in [-0.1, -0.05) is 19.1 Å². The molecule has 0 atom stereocenters. The Morgan fingerprint density at radius 3 is 2.74 bits per heavy atom. The first-order valence-corrected chi connectivity index (χ1v) is 12.0. The molecule has 34 heavy (non-hydrogen) atoms. The zero-order chi connectivity index (χ0) is 23.9. The number of hydrogen-bond acceptors (Lipinski definition) is 8. The lowest BCUT2D eigenvalue weighted by atomic mass is 10.1. The summed E-state index contributed by atoms with van der Waals surface area (Å²) in [5.41, 5.74) is 2.58. The second-order valence-electron chi connectivity index (χ2n) is 7.89. The number of amides is 1. The van der Waals surface area contributed by atoms with Gasteiger partial charge in [0.05, 0.1) is 20.8 Å². The van der Waals surface area contributed by atoms with Crippen molar-refractivity contribution in [1.82, 2.24) is 15.2 Å². The van der Waals surface area contributed by atoms with Crippen molar-refractivity contribution in [3.63, 3.8) is 0 Å². The average Bonchev–Trinajstić information content (AvgIpc) is 3.52. The van der Waals surface area contributed by atoms with Gasteiger partial charge < -0.3 is 24.3 Å². The fourth-order valence-electron chi connectivity index (χ4n) is 3.70. The van der Waals surface area contributed by atoms with E-state index < -0.39 is 0 Å². The largest absolute Gasteiger partial charge is 0.497 e. The van der Waals surface area contributed by atoms with Gasteiger partial charge in [-0.15, -0.1) is 11.3 Å². The van der Waals surface area contributed by atoms with Gasteiger partial charge >= 0.3 is 0 Å². The Kier molecular flexibility index (Phi) is 7.87. The highest BCUT2D eigenvalue weighted by atomic mass is 32.1. The van der Waals surface area contributed by atoms with E-state index >= 15 is 0 Å².